The Hall–Kier alpha value is -0.780. The lowest BCUT2D eigenvalue weighted by Crippen LogP contribution is -2.43. The molecular weight excluding hydrogens is 260 g/mol. The van der Waals surface area contributed by atoms with Gasteiger partial charge in [0.2, 0.25) is 0 Å². The van der Waals surface area contributed by atoms with Gasteiger partial charge < -0.3 is 5.32 Å². The minimum atomic E-state index is -0.428. The molecule has 0 aliphatic carbocycles. The van der Waals surface area contributed by atoms with Gasteiger partial charge in [-0.1, -0.05) is 11.6 Å². The van der Waals surface area contributed by atoms with Crippen LogP contribution in [0.5, 0.6) is 0 Å². The molecule has 0 spiro atoms. The van der Waals surface area contributed by atoms with Gasteiger partial charge in [-0.05, 0) is 36.4 Å². The van der Waals surface area contributed by atoms with Crippen LogP contribution in [-0.2, 0) is 5.75 Å². The van der Waals surface area contributed by atoms with Crippen LogP contribution in [0.3, 0.4) is 0 Å². The van der Waals surface area contributed by atoms with E-state index in [9.17, 15) is 10.1 Å². The Kier molecular flexibility index (Phi) is 4.25. The number of rotatable bonds is 5. The summed E-state index contributed by atoms with van der Waals surface area (Å²) in [6.07, 6.45) is 0. The van der Waals surface area contributed by atoms with Crippen molar-refractivity contribution in [2.75, 3.05) is 18.8 Å². The predicted molar refractivity (Wildman–Crippen MR) is 70.6 cm³/mol. The maximum atomic E-state index is 10.5. The molecule has 4 nitrogen and oxygen atoms in total. The highest BCUT2D eigenvalue weighted by Crippen LogP contribution is 2.26. The molecule has 1 aromatic rings. The van der Waals surface area contributed by atoms with Crippen molar-refractivity contribution in [3.05, 3.63) is 38.9 Å². The minimum absolute atomic E-state index is 0.0481. The molecule has 1 aliphatic heterocycles. The molecule has 0 atom stereocenters. The highest BCUT2D eigenvalue weighted by atomic mass is 35.5. The van der Waals surface area contributed by atoms with Crippen molar-refractivity contribution in [2.45, 2.75) is 5.75 Å². The summed E-state index contributed by atoms with van der Waals surface area (Å²) in [4.78, 5) is 10.1. The van der Waals surface area contributed by atoms with Gasteiger partial charge in [0.1, 0.15) is 0 Å². The van der Waals surface area contributed by atoms with E-state index in [1.807, 2.05) is 11.8 Å². The molecule has 17 heavy (non-hydrogen) atoms. The van der Waals surface area contributed by atoms with Crippen LogP contribution in [0, 0.1) is 16.0 Å². The van der Waals surface area contributed by atoms with Gasteiger partial charge in [-0.15, -0.1) is 0 Å². The van der Waals surface area contributed by atoms with Crippen LogP contribution in [0.1, 0.15) is 5.56 Å². The summed E-state index contributed by atoms with van der Waals surface area (Å²) in [5, 5.41) is 14.3. The van der Waals surface area contributed by atoms with Crippen LogP contribution in [-0.4, -0.2) is 23.8 Å². The van der Waals surface area contributed by atoms with Gasteiger partial charge in [-0.2, -0.15) is 11.8 Å². The molecule has 0 amide bonds. The first-order chi connectivity index (χ1) is 8.16. The van der Waals surface area contributed by atoms with E-state index in [-0.39, 0.29) is 5.69 Å². The Labute approximate surface area is 109 Å². The molecule has 1 fully saturated rings. The summed E-state index contributed by atoms with van der Waals surface area (Å²) < 4.78 is 0. The zero-order chi connectivity index (χ0) is 12.3. The van der Waals surface area contributed by atoms with E-state index in [1.165, 1.54) is 12.1 Å². The zero-order valence-electron chi connectivity index (χ0n) is 9.19. The van der Waals surface area contributed by atoms with E-state index in [0.29, 0.717) is 5.02 Å². The largest absolute Gasteiger partial charge is 0.316 e. The molecule has 2 rings (SSSR count). The fourth-order valence-corrected chi connectivity index (χ4v) is 3.05. The summed E-state index contributed by atoms with van der Waals surface area (Å²) >= 11 is 7.83. The first kappa shape index (κ1) is 12.7. The van der Waals surface area contributed by atoms with Crippen molar-refractivity contribution >= 4 is 29.1 Å². The number of nitro groups is 1. The lowest BCUT2D eigenvalue weighted by atomic mass is 10.1. The van der Waals surface area contributed by atoms with Gasteiger partial charge in [0.25, 0.3) is 5.69 Å². The molecule has 1 heterocycles. The topological polar surface area (TPSA) is 55.2 Å². The van der Waals surface area contributed by atoms with Gasteiger partial charge in [0.05, 0.1) is 9.95 Å². The van der Waals surface area contributed by atoms with Crippen molar-refractivity contribution in [1.29, 1.82) is 0 Å². The third-order valence-corrected chi connectivity index (χ3v) is 4.30. The third kappa shape index (κ3) is 3.34. The Morgan fingerprint density at radius 3 is 2.82 bits per heavy atom. The monoisotopic (exact) mass is 272 g/mol. The number of hydrogen-bond donors (Lipinski definition) is 1. The molecule has 1 N–H and O–H groups in total. The van der Waals surface area contributed by atoms with Crippen molar-refractivity contribution in [3.63, 3.8) is 0 Å². The maximum Gasteiger partial charge on any atom is 0.270 e. The lowest BCUT2D eigenvalue weighted by molar-refractivity contribution is -0.384. The first-order valence-electron chi connectivity index (χ1n) is 5.38. The number of halogens is 1. The summed E-state index contributed by atoms with van der Waals surface area (Å²) in [6.45, 7) is 2.20. The van der Waals surface area contributed by atoms with Gasteiger partial charge in [-0.25, -0.2) is 0 Å². The molecule has 1 saturated heterocycles. The molecule has 0 saturated carbocycles. The second-order valence-corrected chi connectivity index (χ2v) is 5.51. The van der Waals surface area contributed by atoms with E-state index in [4.69, 9.17) is 11.6 Å². The van der Waals surface area contributed by atoms with E-state index in [0.717, 1.165) is 36.1 Å². The van der Waals surface area contributed by atoms with Crippen molar-refractivity contribution in [3.8, 4) is 0 Å². The second-order valence-electron chi connectivity index (χ2n) is 4.07. The highest BCUT2D eigenvalue weighted by molar-refractivity contribution is 7.98. The summed E-state index contributed by atoms with van der Waals surface area (Å²) in [6, 6.07) is 4.67. The first-order valence-corrected chi connectivity index (χ1v) is 6.91. The van der Waals surface area contributed by atoms with Crippen LogP contribution in [0.2, 0.25) is 5.02 Å². The molecule has 6 heteroatoms. The van der Waals surface area contributed by atoms with Crippen molar-refractivity contribution in [2.24, 2.45) is 5.92 Å². The number of non-ortho nitro benzene ring substituents is 1. The van der Waals surface area contributed by atoms with E-state index >= 15 is 0 Å². The number of benzene rings is 1. The average Bonchev–Trinajstić information content (AvgIpc) is 2.23. The molecule has 0 unspecified atom stereocenters. The van der Waals surface area contributed by atoms with E-state index in [2.05, 4.69) is 5.32 Å². The van der Waals surface area contributed by atoms with Crippen molar-refractivity contribution < 1.29 is 4.92 Å². The number of nitro benzene ring substituents is 1. The van der Waals surface area contributed by atoms with Gasteiger partial charge in [0, 0.05) is 17.9 Å². The Bertz CT molecular complexity index is 424. The predicted octanol–water partition coefficient (Wildman–Crippen LogP) is 2.70. The van der Waals surface area contributed by atoms with Crippen LogP contribution < -0.4 is 5.32 Å². The summed E-state index contributed by atoms with van der Waals surface area (Å²) in [7, 11) is 0. The molecular formula is C11H13ClN2O2S. The second kappa shape index (κ2) is 5.71. The quantitative estimate of drug-likeness (QED) is 0.661. The van der Waals surface area contributed by atoms with E-state index < -0.39 is 4.92 Å². The van der Waals surface area contributed by atoms with Crippen molar-refractivity contribution in [1.82, 2.24) is 5.32 Å². The summed E-state index contributed by atoms with van der Waals surface area (Å²) in [5.41, 5.74) is 1.02. The molecule has 0 radical (unpaired) electrons. The molecule has 0 aromatic heterocycles. The normalized spacial score (nSPS) is 15.6. The number of nitrogens with one attached hydrogen (secondary N) is 1. The van der Waals surface area contributed by atoms with Gasteiger partial charge in [-0.3, -0.25) is 10.1 Å². The zero-order valence-corrected chi connectivity index (χ0v) is 10.8. The highest BCUT2D eigenvalue weighted by Gasteiger charge is 2.16. The molecule has 0 bridgehead atoms. The maximum absolute atomic E-state index is 10.5. The summed E-state index contributed by atoms with van der Waals surface area (Å²) in [5.74, 6) is 2.69. The van der Waals surface area contributed by atoms with Crippen LogP contribution in [0.15, 0.2) is 18.2 Å². The van der Waals surface area contributed by atoms with E-state index in [1.54, 1.807) is 6.07 Å². The fraction of sp³-hybridized carbons (Fsp3) is 0.455. The fourth-order valence-electron chi connectivity index (χ4n) is 1.57. The number of hydrogen-bond acceptors (Lipinski definition) is 4. The molecule has 92 valence electrons. The number of thioether (sulfide) groups is 1. The molecule has 1 aliphatic rings. The van der Waals surface area contributed by atoms with Crippen LogP contribution in [0.4, 0.5) is 5.69 Å². The average molecular weight is 273 g/mol. The number of nitrogens with zero attached hydrogens (tertiary/aromatic N) is 1. The lowest BCUT2D eigenvalue weighted by Gasteiger charge is -2.26. The smallest absolute Gasteiger partial charge is 0.270 e. The van der Waals surface area contributed by atoms with Gasteiger partial charge >= 0.3 is 0 Å². The Balaban J connectivity index is 1.89. The third-order valence-electron chi connectivity index (χ3n) is 2.72. The standard InChI is InChI=1S/C11H13ClN2O2S/c12-11-3-10(14(15)16)2-1-9(11)7-17-6-8-4-13-5-8/h1-3,8,13H,4-7H2. The SMILES string of the molecule is O=[N+]([O-])c1ccc(CSCC2CNC2)c(Cl)c1. The molecule has 1 aromatic carbocycles. The van der Waals surface area contributed by atoms with Gasteiger partial charge in [0.15, 0.2) is 0 Å². The van der Waals surface area contributed by atoms with Crippen LogP contribution in [0.25, 0.3) is 0 Å². The Morgan fingerprint density at radius 1 is 1.53 bits per heavy atom. The van der Waals surface area contributed by atoms with Crippen LogP contribution >= 0.6 is 23.4 Å². The Morgan fingerprint density at radius 2 is 2.29 bits per heavy atom. The minimum Gasteiger partial charge on any atom is -0.316 e.